The third-order valence-electron chi connectivity index (χ3n) is 3.29. The quantitative estimate of drug-likeness (QED) is 0.706. The summed E-state index contributed by atoms with van der Waals surface area (Å²) in [6, 6.07) is 10.8. The minimum atomic E-state index is 0.775. The van der Waals surface area contributed by atoms with Gasteiger partial charge in [0.2, 0.25) is 0 Å². The zero-order valence-electron chi connectivity index (χ0n) is 10.1. The van der Waals surface area contributed by atoms with Crippen LogP contribution in [-0.2, 0) is 0 Å². The Morgan fingerprint density at radius 3 is 2.81 bits per heavy atom. The van der Waals surface area contributed by atoms with Gasteiger partial charge in [0.1, 0.15) is 5.75 Å². The minimum absolute atomic E-state index is 0.775. The normalized spacial score (nSPS) is 21.2. The van der Waals surface area contributed by atoms with Gasteiger partial charge in [-0.25, -0.2) is 0 Å². The van der Waals surface area contributed by atoms with Crippen molar-refractivity contribution >= 4 is 0 Å². The molecule has 88 valence electrons. The van der Waals surface area contributed by atoms with Crippen molar-refractivity contribution in [2.24, 2.45) is 0 Å². The molecule has 1 fully saturated rings. The van der Waals surface area contributed by atoms with Crippen LogP contribution in [0.25, 0.3) is 0 Å². The monoisotopic (exact) mass is 219 g/mol. The van der Waals surface area contributed by atoms with Crippen LogP contribution in [-0.4, -0.2) is 30.6 Å². The smallest absolute Gasteiger partial charge is 0.119 e. The molecule has 1 aromatic rings. The lowest BCUT2D eigenvalue weighted by molar-refractivity contribution is 0.230. The fourth-order valence-electron chi connectivity index (χ4n) is 2.30. The van der Waals surface area contributed by atoms with Crippen molar-refractivity contribution < 1.29 is 4.74 Å². The number of nitrogens with zero attached hydrogens (tertiary/aromatic N) is 1. The summed E-state index contributed by atoms with van der Waals surface area (Å²) in [5.41, 5.74) is 0. The van der Waals surface area contributed by atoms with Gasteiger partial charge < -0.3 is 9.64 Å². The Bertz CT molecular complexity index is 299. The molecular weight excluding hydrogens is 198 g/mol. The van der Waals surface area contributed by atoms with Gasteiger partial charge in [0.05, 0.1) is 6.61 Å². The molecule has 2 heteroatoms. The van der Waals surface area contributed by atoms with Gasteiger partial charge in [0.25, 0.3) is 0 Å². The van der Waals surface area contributed by atoms with Gasteiger partial charge in [-0.1, -0.05) is 18.2 Å². The standard InChI is InChI=1S/C14H21NO/c1-13-7-5-10-15(13)11-6-12-16-14-8-3-2-4-9-14/h2-4,8-9,13H,5-7,10-12H2,1H3/t13-/m0/s1. The molecule has 0 spiro atoms. The molecule has 0 bridgehead atoms. The molecular formula is C14H21NO. The second kappa shape index (κ2) is 5.90. The predicted molar refractivity (Wildman–Crippen MR) is 66.8 cm³/mol. The van der Waals surface area contributed by atoms with Gasteiger partial charge in [-0.05, 0) is 44.9 Å². The summed E-state index contributed by atoms with van der Waals surface area (Å²) in [5, 5.41) is 0. The fraction of sp³-hybridized carbons (Fsp3) is 0.571. The highest BCUT2D eigenvalue weighted by Gasteiger charge is 2.18. The number of ether oxygens (including phenoxy) is 1. The van der Waals surface area contributed by atoms with Crippen molar-refractivity contribution in [2.75, 3.05) is 19.7 Å². The summed E-state index contributed by atoms with van der Waals surface area (Å²) in [5.74, 6) is 0.983. The summed E-state index contributed by atoms with van der Waals surface area (Å²) in [4.78, 5) is 2.56. The lowest BCUT2D eigenvalue weighted by Gasteiger charge is -2.20. The summed E-state index contributed by atoms with van der Waals surface area (Å²) < 4.78 is 5.67. The first-order valence-electron chi connectivity index (χ1n) is 6.28. The van der Waals surface area contributed by atoms with Crippen LogP contribution in [0, 0.1) is 0 Å². The van der Waals surface area contributed by atoms with Crippen molar-refractivity contribution in [1.29, 1.82) is 0 Å². The van der Waals surface area contributed by atoms with E-state index in [4.69, 9.17) is 4.74 Å². The molecule has 2 rings (SSSR count). The van der Waals surface area contributed by atoms with E-state index < -0.39 is 0 Å². The Labute approximate surface area is 98.2 Å². The van der Waals surface area contributed by atoms with E-state index in [1.54, 1.807) is 0 Å². The van der Waals surface area contributed by atoms with Crippen LogP contribution in [0.1, 0.15) is 26.2 Å². The highest BCUT2D eigenvalue weighted by molar-refractivity contribution is 5.20. The molecule has 1 aliphatic rings. The van der Waals surface area contributed by atoms with Crippen molar-refractivity contribution in [2.45, 2.75) is 32.2 Å². The Hall–Kier alpha value is -1.02. The zero-order valence-corrected chi connectivity index (χ0v) is 10.1. The number of benzene rings is 1. The molecule has 0 N–H and O–H groups in total. The Kier molecular flexibility index (Phi) is 4.23. The molecule has 16 heavy (non-hydrogen) atoms. The van der Waals surface area contributed by atoms with Crippen LogP contribution in [0.4, 0.5) is 0 Å². The first-order valence-corrected chi connectivity index (χ1v) is 6.28. The SMILES string of the molecule is C[C@H]1CCCN1CCCOc1ccccc1. The average Bonchev–Trinajstić information content (AvgIpc) is 2.72. The van der Waals surface area contributed by atoms with Gasteiger partial charge in [-0.15, -0.1) is 0 Å². The molecule has 1 heterocycles. The lowest BCUT2D eigenvalue weighted by Crippen LogP contribution is -2.28. The Morgan fingerprint density at radius 2 is 2.12 bits per heavy atom. The Morgan fingerprint density at radius 1 is 1.31 bits per heavy atom. The van der Waals surface area contributed by atoms with E-state index in [1.165, 1.54) is 25.9 Å². The van der Waals surface area contributed by atoms with Crippen molar-refractivity contribution in [3.8, 4) is 5.75 Å². The van der Waals surface area contributed by atoms with E-state index in [-0.39, 0.29) is 0 Å². The molecule has 1 saturated heterocycles. The van der Waals surface area contributed by atoms with Crippen LogP contribution in [0.5, 0.6) is 5.75 Å². The van der Waals surface area contributed by atoms with E-state index in [9.17, 15) is 0 Å². The lowest BCUT2D eigenvalue weighted by atomic mass is 10.2. The number of hydrogen-bond donors (Lipinski definition) is 0. The topological polar surface area (TPSA) is 12.5 Å². The van der Waals surface area contributed by atoms with E-state index in [2.05, 4.69) is 11.8 Å². The highest BCUT2D eigenvalue weighted by Crippen LogP contribution is 2.16. The number of hydrogen-bond acceptors (Lipinski definition) is 2. The van der Waals surface area contributed by atoms with E-state index in [0.717, 1.165) is 24.8 Å². The van der Waals surface area contributed by atoms with Crippen LogP contribution in [0.2, 0.25) is 0 Å². The second-order valence-corrected chi connectivity index (χ2v) is 4.54. The van der Waals surface area contributed by atoms with Gasteiger partial charge in [-0.3, -0.25) is 0 Å². The van der Waals surface area contributed by atoms with Crippen molar-refractivity contribution in [3.05, 3.63) is 30.3 Å². The summed E-state index contributed by atoms with van der Waals surface area (Å²) >= 11 is 0. The molecule has 0 saturated carbocycles. The number of para-hydroxylation sites is 1. The molecule has 1 aromatic carbocycles. The van der Waals surface area contributed by atoms with Crippen LogP contribution in [0.15, 0.2) is 30.3 Å². The van der Waals surface area contributed by atoms with E-state index >= 15 is 0 Å². The first-order chi connectivity index (χ1) is 7.86. The fourth-order valence-corrected chi connectivity index (χ4v) is 2.30. The highest BCUT2D eigenvalue weighted by atomic mass is 16.5. The third-order valence-corrected chi connectivity index (χ3v) is 3.29. The molecule has 2 nitrogen and oxygen atoms in total. The van der Waals surface area contributed by atoms with Crippen molar-refractivity contribution in [1.82, 2.24) is 4.90 Å². The maximum atomic E-state index is 5.67. The van der Waals surface area contributed by atoms with Gasteiger partial charge in [0, 0.05) is 12.6 Å². The Balaban J connectivity index is 1.62. The average molecular weight is 219 g/mol. The molecule has 0 unspecified atom stereocenters. The van der Waals surface area contributed by atoms with Gasteiger partial charge in [0.15, 0.2) is 0 Å². The second-order valence-electron chi connectivity index (χ2n) is 4.54. The minimum Gasteiger partial charge on any atom is -0.494 e. The van der Waals surface area contributed by atoms with E-state index in [1.807, 2.05) is 30.3 Å². The molecule has 1 atom stereocenters. The largest absolute Gasteiger partial charge is 0.494 e. The predicted octanol–water partition coefficient (Wildman–Crippen LogP) is 2.94. The zero-order chi connectivity index (χ0) is 11.2. The molecule has 0 radical (unpaired) electrons. The van der Waals surface area contributed by atoms with Crippen molar-refractivity contribution in [3.63, 3.8) is 0 Å². The summed E-state index contributed by atoms with van der Waals surface area (Å²) in [6.45, 7) is 5.60. The van der Waals surface area contributed by atoms with Crippen LogP contribution < -0.4 is 4.74 Å². The number of rotatable bonds is 5. The first kappa shape index (κ1) is 11.5. The van der Waals surface area contributed by atoms with E-state index in [0.29, 0.717) is 0 Å². The molecule has 0 aromatic heterocycles. The molecule has 1 aliphatic heterocycles. The van der Waals surface area contributed by atoms with Crippen LogP contribution in [0.3, 0.4) is 0 Å². The molecule has 0 aliphatic carbocycles. The van der Waals surface area contributed by atoms with Crippen LogP contribution >= 0.6 is 0 Å². The maximum Gasteiger partial charge on any atom is 0.119 e. The van der Waals surface area contributed by atoms with Gasteiger partial charge in [-0.2, -0.15) is 0 Å². The summed E-state index contributed by atoms with van der Waals surface area (Å²) in [7, 11) is 0. The maximum absolute atomic E-state index is 5.67. The third kappa shape index (κ3) is 3.24. The summed E-state index contributed by atoms with van der Waals surface area (Å²) in [6.07, 6.45) is 3.85. The van der Waals surface area contributed by atoms with Gasteiger partial charge >= 0.3 is 0 Å². The number of likely N-dealkylation sites (tertiary alicyclic amines) is 1. The molecule has 0 amide bonds.